The van der Waals surface area contributed by atoms with Crippen molar-refractivity contribution in [2.75, 3.05) is 0 Å². The molecule has 0 unspecified atom stereocenters. The van der Waals surface area contributed by atoms with E-state index >= 15 is 0 Å². The van der Waals surface area contributed by atoms with Gasteiger partial charge in [-0.15, -0.1) is 18.1 Å². The van der Waals surface area contributed by atoms with E-state index in [9.17, 15) is 28.8 Å². The molecular formula is O7Rb6Si2. The van der Waals surface area contributed by atoms with Gasteiger partial charge in [-0.25, -0.2) is 0 Å². The van der Waals surface area contributed by atoms with Crippen molar-refractivity contribution in [3.8, 4) is 0 Å². The van der Waals surface area contributed by atoms with Crippen molar-refractivity contribution in [1.82, 2.24) is 0 Å². The van der Waals surface area contributed by atoms with Crippen molar-refractivity contribution in [2.24, 2.45) is 0 Å². The van der Waals surface area contributed by atoms with Crippen LogP contribution in [0.1, 0.15) is 0 Å². The van der Waals surface area contributed by atoms with Crippen molar-refractivity contribution >= 4 is 18.1 Å². The minimum Gasteiger partial charge on any atom is -0.862 e. The molecule has 0 spiro atoms. The van der Waals surface area contributed by atoms with Gasteiger partial charge < -0.3 is 32.9 Å². The Kier molecular flexibility index (Phi) is 75.0. The van der Waals surface area contributed by atoms with Crippen LogP contribution in [0.2, 0.25) is 0 Å². The molecular weight excluding hydrogens is 681 g/mol. The van der Waals surface area contributed by atoms with E-state index in [-0.39, 0.29) is 349 Å². The summed E-state index contributed by atoms with van der Waals surface area (Å²) in [6.45, 7) is 0. The molecule has 0 aromatic carbocycles. The van der Waals surface area contributed by atoms with Gasteiger partial charge in [-0.3, -0.25) is 0 Å². The van der Waals surface area contributed by atoms with Gasteiger partial charge in [-0.1, -0.05) is 0 Å². The molecule has 7 nitrogen and oxygen atoms in total. The molecule has 0 saturated carbocycles. The fraction of sp³-hybridized carbons (Fsp3) is 0. The first-order valence-electron chi connectivity index (χ1n) is 1.63. The molecule has 0 saturated heterocycles. The van der Waals surface area contributed by atoms with E-state index in [1.165, 1.54) is 0 Å². The van der Waals surface area contributed by atoms with Crippen LogP contribution in [0.3, 0.4) is 0 Å². The Balaban J connectivity index is -0.0000000213. The van der Waals surface area contributed by atoms with Crippen molar-refractivity contribution in [3.05, 3.63) is 0 Å². The Bertz CT molecular complexity index is 86.6. The summed E-state index contributed by atoms with van der Waals surface area (Å²) in [5.74, 6) is 0. The summed E-state index contributed by atoms with van der Waals surface area (Å²) in [6, 6.07) is 0. The fourth-order valence-electron chi connectivity index (χ4n) is 0.153. The van der Waals surface area contributed by atoms with E-state index in [0.29, 0.717) is 0 Å². The molecule has 0 amide bonds. The second-order valence-electron chi connectivity index (χ2n) is 1.10. The molecule has 15 heteroatoms. The van der Waals surface area contributed by atoms with Gasteiger partial charge in [0.15, 0.2) is 0 Å². The predicted octanol–water partition coefficient (Wildman–Crippen LogP) is -25.9. The average Bonchev–Trinajstić information content (AvgIpc) is 1.14. The summed E-state index contributed by atoms with van der Waals surface area (Å²) in [5, 5.41) is 0. The van der Waals surface area contributed by atoms with Crippen LogP contribution in [0.25, 0.3) is 0 Å². The zero-order chi connectivity index (χ0) is 7.71. The molecule has 56 valence electrons. The van der Waals surface area contributed by atoms with Crippen LogP contribution in [0.4, 0.5) is 0 Å². The Hall–Kier alpha value is 11.0. The summed E-state index contributed by atoms with van der Waals surface area (Å²) < 4.78 is 2.57. The molecule has 0 bridgehead atoms. The maximum absolute atomic E-state index is 9.36. The van der Waals surface area contributed by atoms with Gasteiger partial charge in [0.2, 0.25) is 0 Å². The smallest absolute Gasteiger partial charge is 0.862 e. The molecule has 0 radical (unpaired) electrons. The number of rotatable bonds is 2. The summed E-state index contributed by atoms with van der Waals surface area (Å²) in [4.78, 5) is 56.2. The fourth-order valence-corrected chi connectivity index (χ4v) is 1.38. The molecule has 0 atom stereocenters. The van der Waals surface area contributed by atoms with Crippen LogP contribution in [0, 0.1) is 0 Å². The maximum Gasteiger partial charge on any atom is 1.00 e. The second-order valence-corrected chi connectivity index (χ2v) is 3.92. The van der Waals surface area contributed by atoms with Crippen molar-refractivity contribution in [2.45, 2.75) is 0 Å². The zero-order valence-corrected chi connectivity index (χ0v) is 41.4. The molecule has 0 aromatic rings. The van der Waals surface area contributed by atoms with Gasteiger partial charge in [0.1, 0.15) is 0 Å². The topological polar surface area (TPSA) is 148 Å². The Morgan fingerprint density at radius 3 is 0.600 bits per heavy atom. The monoisotopic (exact) mass is 677 g/mol. The first-order chi connectivity index (χ1) is 3.71. The first-order valence-corrected chi connectivity index (χ1v) is 4.90. The Morgan fingerprint density at radius 1 is 0.467 bits per heavy atom. The Morgan fingerprint density at radius 2 is 0.600 bits per heavy atom. The van der Waals surface area contributed by atoms with Crippen molar-refractivity contribution < 1.29 is 382 Å². The van der Waals surface area contributed by atoms with Crippen LogP contribution in [-0.2, 0) is 4.12 Å². The maximum atomic E-state index is 9.36. The number of hydrogen-bond donors (Lipinski definition) is 0. The molecule has 0 aliphatic heterocycles. The minimum atomic E-state index is -5.92. The summed E-state index contributed by atoms with van der Waals surface area (Å²) in [7, 11) is -11.8. The molecule has 0 fully saturated rings. The third-order valence-electron chi connectivity index (χ3n) is 0.250. The quantitative estimate of drug-likeness (QED) is 0.263. The van der Waals surface area contributed by atoms with E-state index in [0.717, 1.165) is 0 Å². The molecule has 0 rings (SSSR count). The van der Waals surface area contributed by atoms with E-state index in [1.807, 2.05) is 0 Å². The minimum absolute atomic E-state index is 0. The van der Waals surface area contributed by atoms with E-state index in [2.05, 4.69) is 4.12 Å². The van der Waals surface area contributed by atoms with Gasteiger partial charge in [-0.2, -0.15) is 0 Å². The van der Waals surface area contributed by atoms with Gasteiger partial charge in [0.25, 0.3) is 0 Å². The molecule has 15 heavy (non-hydrogen) atoms. The summed E-state index contributed by atoms with van der Waals surface area (Å²) in [5.41, 5.74) is 0. The first kappa shape index (κ1) is 45.0. The van der Waals surface area contributed by atoms with E-state index in [1.54, 1.807) is 0 Å². The van der Waals surface area contributed by atoms with Crippen LogP contribution < -0.4 is 378 Å². The summed E-state index contributed by atoms with van der Waals surface area (Å²) in [6.07, 6.45) is 0. The van der Waals surface area contributed by atoms with Crippen LogP contribution in [0.5, 0.6) is 0 Å². The van der Waals surface area contributed by atoms with Gasteiger partial charge >= 0.3 is 349 Å². The Labute approximate surface area is 384 Å². The van der Waals surface area contributed by atoms with Gasteiger partial charge in [-0.05, 0) is 0 Å². The predicted molar refractivity (Wildman–Crippen MR) is 12.6 cm³/mol. The second kappa shape index (κ2) is 25.0. The van der Waals surface area contributed by atoms with Crippen LogP contribution >= 0.6 is 0 Å². The van der Waals surface area contributed by atoms with Crippen LogP contribution in [-0.4, -0.2) is 18.1 Å². The van der Waals surface area contributed by atoms with E-state index < -0.39 is 18.1 Å². The molecule has 0 N–H and O–H groups in total. The molecule has 0 aliphatic rings. The number of hydrogen-bond acceptors (Lipinski definition) is 7. The van der Waals surface area contributed by atoms with Gasteiger partial charge in [0, 0.05) is 0 Å². The molecule has 0 aromatic heterocycles. The van der Waals surface area contributed by atoms with Crippen LogP contribution in [0.15, 0.2) is 0 Å². The molecule has 0 heterocycles. The van der Waals surface area contributed by atoms with Crippen molar-refractivity contribution in [1.29, 1.82) is 0 Å². The summed E-state index contributed by atoms with van der Waals surface area (Å²) >= 11 is 0. The largest absolute Gasteiger partial charge is 1.00 e. The third kappa shape index (κ3) is 45.8. The average molecular weight is 681 g/mol. The standard InChI is InChI=1S/O7Si2.6Rb/c1-8(2,3)7-9(4,5)6;;;;;;/q-6;6*+1. The molecule has 0 aliphatic carbocycles. The third-order valence-corrected chi connectivity index (χ3v) is 2.25. The normalized spacial score (nSPS) is 8.40. The SMILES string of the molecule is [O-][Si]([O-])([O-])O[Si]([O-])([O-])[O-].[Rb+].[Rb+].[Rb+].[Rb+].[Rb+].[Rb+]. The van der Waals surface area contributed by atoms with Gasteiger partial charge in [0.05, 0.1) is 0 Å². The van der Waals surface area contributed by atoms with E-state index in [4.69, 9.17) is 0 Å². The van der Waals surface area contributed by atoms with Crippen molar-refractivity contribution in [3.63, 3.8) is 0 Å². The zero-order valence-electron chi connectivity index (χ0n) is 9.86.